The SMILES string of the molecule is Cc1ccc(C(=O)COC(=O)C2CC(=O)N(c3cccc4ccccc34)C2)cc1. The van der Waals surface area contributed by atoms with E-state index in [0.717, 1.165) is 22.0 Å². The molecule has 1 saturated heterocycles. The minimum atomic E-state index is -0.577. The number of amides is 1. The van der Waals surface area contributed by atoms with Gasteiger partial charge in [0, 0.05) is 23.9 Å². The Hall–Kier alpha value is -3.47. The van der Waals surface area contributed by atoms with Gasteiger partial charge in [-0.1, -0.05) is 66.2 Å². The van der Waals surface area contributed by atoms with Crippen molar-refractivity contribution in [3.05, 3.63) is 77.9 Å². The van der Waals surface area contributed by atoms with Crippen molar-refractivity contribution >= 4 is 34.1 Å². The number of benzene rings is 3. The van der Waals surface area contributed by atoms with Crippen LogP contribution in [0.15, 0.2) is 66.7 Å². The van der Waals surface area contributed by atoms with E-state index in [4.69, 9.17) is 4.74 Å². The molecule has 0 radical (unpaired) electrons. The number of aryl methyl sites for hydroxylation is 1. The molecule has 0 aliphatic carbocycles. The monoisotopic (exact) mass is 387 g/mol. The van der Waals surface area contributed by atoms with Crippen LogP contribution in [-0.2, 0) is 14.3 Å². The molecule has 0 bridgehead atoms. The normalized spacial score (nSPS) is 16.2. The average molecular weight is 387 g/mol. The number of esters is 1. The van der Waals surface area contributed by atoms with E-state index in [9.17, 15) is 14.4 Å². The summed E-state index contributed by atoms with van der Waals surface area (Å²) in [6, 6.07) is 20.7. The van der Waals surface area contributed by atoms with Crippen molar-refractivity contribution < 1.29 is 19.1 Å². The Bertz CT molecular complexity index is 1080. The minimum Gasteiger partial charge on any atom is -0.457 e. The van der Waals surface area contributed by atoms with Crippen molar-refractivity contribution in [3.63, 3.8) is 0 Å². The number of hydrogen-bond donors (Lipinski definition) is 0. The van der Waals surface area contributed by atoms with Gasteiger partial charge >= 0.3 is 5.97 Å². The van der Waals surface area contributed by atoms with Crippen LogP contribution in [0, 0.1) is 12.8 Å². The molecule has 0 N–H and O–H groups in total. The molecule has 3 aromatic rings. The van der Waals surface area contributed by atoms with Gasteiger partial charge in [0.1, 0.15) is 0 Å². The molecule has 1 unspecified atom stereocenters. The Morgan fingerprint density at radius 3 is 2.52 bits per heavy atom. The molecule has 1 atom stereocenters. The molecule has 3 aromatic carbocycles. The first kappa shape index (κ1) is 18.9. The summed E-state index contributed by atoms with van der Waals surface area (Å²) in [5.41, 5.74) is 2.35. The summed E-state index contributed by atoms with van der Waals surface area (Å²) in [6.45, 7) is 1.87. The van der Waals surface area contributed by atoms with Crippen LogP contribution in [0.1, 0.15) is 22.3 Å². The zero-order valence-corrected chi connectivity index (χ0v) is 16.1. The summed E-state index contributed by atoms with van der Waals surface area (Å²) < 4.78 is 5.23. The molecule has 1 heterocycles. The summed E-state index contributed by atoms with van der Waals surface area (Å²) in [5, 5.41) is 2.00. The first-order chi connectivity index (χ1) is 14.0. The number of rotatable bonds is 5. The lowest BCUT2D eigenvalue weighted by Gasteiger charge is -2.18. The number of carbonyl (C=O) groups excluding carboxylic acids is 3. The molecule has 1 fully saturated rings. The predicted octanol–water partition coefficient (Wildman–Crippen LogP) is 3.93. The molecule has 4 rings (SSSR count). The minimum absolute atomic E-state index is 0.0841. The summed E-state index contributed by atoms with van der Waals surface area (Å²) in [4.78, 5) is 38.9. The van der Waals surface area contributed by atoms with E-state index in [1.165, 1.54) is 0 Å². The second-order valence-electron chi connectivity index (χ2n) is 7.30. The van der Waals surface area contributed by atoms with Crippen molar-refractivity contribution in [2.75, 3.05) is 18.1 Å². The number of nitrogens with zero attached hydrogens (tertiary/aromatic N) is 1. The van der Waals surface area contributed by atoms with E-state index < -0.39 is 11.9 Å². The van der Waals surface area contributed by atoms with Gasteiger partial charge in [0.25, 0.3) is 0 Å². The molecule has 0 aromatic heterocycles. The van der Waals surface area contributed by atoms with Gasteiger partial charge in [-0.25, -0.2) is 0 Å². The maximum atomic E-state index is 12.6. The molecule has 5 nitrogen and oxygen atoms in total. The topological polar surface area (TPSA) is 63.7 Å². The molecule has 0 saturated carbocycles. The van der Waals surface area contributed by atoms with Crippen LogP contribution in [0.3, 0.4) is 0 Å². The first-order valence-corrected chi connectivity index (χ1v) is 9.57. The lowest BCUT2D eigenvalue weighted by molar-refractivity contribution is -0.147. The van der Waals surface area contributed by atoms with Crippen LogP contribution in [-0.4, -0.2) is 30.8 Å². The highest BCUT2D eigenvalue weighted by molar-refractivity contribution is 6.06. The van der Waals surface area contributed by atoms with Gasteiger partial charge < -0.3 is 9.64 Å². The first-order valence-electron chi connectivity index (χ1n) is 9.57. The van der Waals surface area contributed by atoms with E-state index in [1.807, 2.05) is 61.5 Å². The summed E-state index contributed by atoms with van der Waals surface area (Å²) in [5.74, 6) is -1.46. The third-order valence-corrected chi connectivity index (χ3v) is 5.23. The van der Waals surface area contributed by atoms with Gasteiger partial charge in [0.15, 0.2) is 12.4 Å². The molecule has 1 aliphatic rings. The van der Waals surface area contributed by atoms with Crippen LogP contribution in [0.2, 0.25) is 0 Å². The number of carbonyl (C=O) groups is 3. The second kappa shape index (κ2) is 7.87. The Labute approximate surface area is 168 Å². The van der Waals surface area contributed by atoms with E-state index in [0.29, 0.717) is 5.56 Å². The van der Waals surface area contributed by atoms with Crippen LogP contribution in [0.5, 0.6) is 0 Å². The maximum absolute atomic E-state index is 12.6. The standard InChI is InChI=1S/C24H21NO4/c1-16-9-11-18(12-10-16)22(26)15-29-24(28)19-13-23(27)25(14-19)21-8-4-6-17-5-2-3-7-20(17)21/h2-12,19H,13-15H2,1H3. The summed E-state index contributed by atoms with van der Waals surface area (Å²) in [6.07, 6.45) is 0.0841. The van der Waals surface area contributed by atoms with Gasteiger partial charge in [0.05, 0.1) is 11.6 Å². The Balaban J connectivity index is 1.43. The Morgan fingerprint density at radius 2 is 1.72 bits per heavy atom. The van der Waals surface area contributed by atoms with Crippen molar-refractivity contribution in [2.45, 2.75) is 13.3 Å². The molecular weight excluding hydrogens is 366 g/mol. The van der Waals surface area contributed by atoms with Gasteiger partial charge in [-0.2, -0.15) is 0 Å². The predicted molar refractivity (Wildman–Crippen MR) is 111 cm³/mol. The summed E-state index contributed by atoms with van der Waals surface area (Å²) >= 11 is 0. The zero-order chi connectivity index (χ0) is 20.4. The second-order valence-corrected chi connectivity index (χ2v) is 7.30. The fraction of sp³-hybridized carbons (Fsp3) is 0.208. The highest BCUT2D eigenvalue weighted by Crippen LogP contribution is 2.32. The van der Waals surface area contributed by atoms with Crippen LogP contribution in [0.25, 0.3) is 10.8 Å². The van der Waals surface area contributed by atoms with Crippen molar-refractivity contribution in [2.24, 2.45) is 5.92 Å². The fourth-order valence-electron chi connectivity index (χ4n) is 3.62. The molecule has 5 heteroatoms. The van der Waals surface area contributed by atoms with Crippen molar-refractivity contribution in [1.82, 2.24) is 0 Å². The zero-order valence-electron chi connectivity index (χ0n) is 16.1. The lowest BCUT2D eigenvalue weighted by Crippen LogP contribution is -2.27. The Morgan fingerprint density at radius 1 is 1.00 bits per heavy atom. The van der Waals surface area contributed by atoms with Crippen molar-refractivity contribution in [3.8, 4) is 0 Å². The van der Waals surface area contributed by atoms with Crippen molar-refractivity contribution in [1.29, 1.82) is 0 Å². The average Bonchev–Trinajstić information content (AvgIpc) is 3.13. The fourth-order valence-corrected chi connectivity index (χ4v) is 3.62. The largest absolute Gasteiger partial charge is 0.457 e. The van der Waals surface area contributed by atoms with Crippen LogP contribution >= 0.6 is 0 Å². The van der Waals surface area contributed by atoms with Gasteiger partial charge in [0.2, 0.25) is 5.91 Å². The number of fused-ring (bicyclic) bond motifs is 1. The number of ether oxygens (including phenoxy) is 1. The van der Waals surface area contributed by atoms with Crippen LogP contribution in [0.4, 0.5) is 5.69 Å². The molecular formula is C24H21NO4. The number of Topliss-reactive ketones (excluding diaryl/α,β-unsaturated/α-hetero) is 1. The number of anilines is 1. The molecule has 29 heavy (non-hydrogen) atoms. The smallest absolute Gasteiger partial charge is 0.311 e. The third kappa shape index (κ3) is 3.90. The molecule has 146 valence electrons. The van der Waals surface area contributed by atoms with Gasteiger partial charge in [-0.3, -0.25) is 14.4 Å². The molecule has 1 aliphatic heterocycles. The molecule has 0 spiro atoms. The van der Waals surface area contributed by atoms with E-state index >= 15 is 0 Å². The van der Waals surface area contributed by atoms with Gasteiger partial charge in [-0.15, -0.1) is 0 Å². The Kier molecular flexibility index (Phi) is 5.12. The molecule has 1 amide bonds. The number of ketones is 1. The van der Waals surface area contributed by atoms with E-state index in [-0.39, 0.29) is 31.3 Å². The van der Waals surface area contributed by atoms with Gasteiger partial charge in [-0.05, 0) is 18.4 Å². The highest BCUT2D eigenvalue weighted by atomic mass is 16.5. The van der Waals surface area contributed by atoms with Crippen LogP contribution < -0.4 is 4.90 Å². The van der Waals surface area contributed by atoms with E-state index in [1.54, 1.807) is 17.0 Å². The highest BCUT2D eigenvalue weighted by Gasteiger charge is 2.36. The lowest BCUT2D eigenvalue weighted by atomic mass is 10.1. The summed E-state index contributed by atoms with van der Waals surface area (Å²) in [7, 11) is 0. The third-order valence-electron chi connectivity index (χ3n) is 5.23. The van der Waals surface area contributed by atoms with E-state index in [2.05, 4.69) is 0 Å². The maximum Gasteiger partial charge on any atom is 0.311 e. The quantitative estimate of drug-likeness (QED) is 0.492. The number of hydrogen-bond acceptors (Lipinski definition) is 4.